The molecule has 4 rings (SSSR count). The van der Waals surface area contributed by atoms with E-state index in [1.807, 2.05) is 72.6 Å². The van der Waals surface area contributed by atoms with Gasteiger partial charge in [0.25, 0.3) is 5.91 Å². The Morgan fingerprint density at radius 1 is 0.938 bits per heavy atom. The van der Waals surface area contributed by atoms with Crippen LogP contribution in [0.4, 0.5) is 0 Å². The third-order valence-corrected chi connectivity index (χ3v) is 7.13. The van der Waals surface area contributed by atoms with Crippen molar-refractivity contribution in [3.63, 3.8) is 0 Å². The average Bonchev–Trinajstić information content (AvgIpc) is 2.84. The van der Waals surface area contributed by atoms with Gasteiger partial charge in [-0.2, -0.15) is 0 Å². The standard InChI is InChI=1S/C25H27N3O3S/c1-27-15-16-28(24(19-27)21-11-6-3-7-12-21)25(29)22-13-8-14-23(17-22)32(30,31)26-18-20-9-4-2-5-10-20/h2-14,17,24,26H,15-16,18-19H2,1H3/t24-/m1/s1. The van der Waals surface area contributed by atoms with Crippen LogP contribution in [-0.4, -0.2) is 50.8 Å². The van der Waals surface area contributed by atoms with E-state index in [1.54, 1.807) is 12.1 Å². The molecule has 1 amide bonds. The van der Waals surface area contributed by atoms with E-state index in [4.69, 9.17) is 0 Å². The highest BCUT2D eigenvalue weighted by atomic mass is 32.2. The predicted octanol–water partition coefficient (Wildman–Crippen LogP) is 3.29. The van der Waals surface area contributed by atoms with E-state index < -0.39 is 10.0 Å². The molecule has 0 aromatic heterocycles. The van der Waals surface area contributed by atoms with Crippen LogP contribution in [0.2, 0.25) is 0 Å². The van der Waals surface area contributed by atoms with Crippen LogP contribution in [0.15, 0.2) is 89.8 Å². The fraction of sp³-hybridized carbons (Fsp3) is 0.240. The number of hydrogen-bond donors (Lipinski definition) is 1. The van der Waals surface area contributed by atoms with Crippen LogP contribution in [-0.2, 0) is 16.6 Å². The number of amides is 1. The summed E-state index contributed by atoms with van der Waals surface area (Å²) in [6.45, 7) is 2.27. The zero-order valence-electron chi connectivity index (χ0n) is 18.0. The molecule has 1 saturated heterocycles. The summed E-state index contributed by atoms with van der Waals surface area (Å²) in [6.07, 6.45) is 0. The molecule has 0 saturated carbocycles. The van der Waals surface area contributed by atoms with Crippen LogP contribution in [0.1, 0.15) is 27.5 Å². The van der Waals surface area contributed by atoms with E-state index in [1.165, 1.54) is 12.1 Å². The van der Waals surface area contributed by atoms with Crippen molar-refractivity contribution in [2.45, 2.75) is 17.5 Å². The molecule has 166 valence electrons. The smallest absolute Gasteiger partial charge is 0.254 e. The summed E-state index contributed by atoms with van der Waals surface area (Å²) in [5.74, 6) is -0.160. The molecule has 1 aliphatic heterocycles. The minimum Gasteiger partial charge on any atom is -0.329 e. The Balaban J connectivity index is 1.56. The van der Waals surface area contributed by atoms with Crippen molar-refractivity contribution in [2.24, 2.45) is 0 Å². The minimum atomic E-state index is -3.75. The van der Waals surface area contributed by atoms with Crippen LogP contribution in [0.25, 0.3) is 0 Å². The second-order valence-corrected chi connectivity index (χ2v) is 9.79. The number of benzene rings is 3. The quantitative estimate of drug-likeness (QED) is 0.627. The zero-order chi connectivity index (χ0) is 22.6. The molecule has 1 atom stereocenters. The van der Waals surface area contributed by atoms with Gasteiger partial charge in [-0.25, -0.2) is 13.1 Å². The number of rotatable bonds is 6. The predicted molar refractivity (Wildman–Crippen MR) is 125 cm³/mol. The molecule has 0 aliphatic carbocycles. The van der Waals surface area contributed by atoms with Crippen molar-refractivity contribution in [3.05, 3.63) is 102 Å². The SMILES string of the molecule is CN1CCN(C(=O)c2cccc(S(=O)(=O)NCc3ccccc3)c2)[C@@H](c2ccccc2)C1. The van der Waals surface area contributed by atoms with E-state index in [-0.39, 0.29) is 23.4 Å². The molecule has 1 N–H and O–H groups in total. The Morgan fingerprint density at radius 3 is 2.34 bits per heavy atom. The minimum absolute atomic E-state index is 0.0843. The van der Waals surface area contributed by atoms with Gasteiger partial charge in [-0.15, -0.1) is 0 Å². The van der Waals surface area contributed by atoms with Gasteiger partial charge in [0.2, 0.25) is 10.0 Å². The number of carbonyl (C=O) groups excluding carboxylic acids is 1. The zero-order valence-corrected chi connectivity index (χ0v) is 18.8. The molecule has 3 aromatic rings. The molecule has 1 fully saturated rings. The number of carbonyl (C=O) groups is 1. The first-order valence-electron chi connectivity index (χ1n) is 10.6. The summed E-state index contributed by atoms with van der Waals surface area (Å²) in [5, 5.41) is 0. The molecule has 32 heavy (non-hydrogen) atoms. The van der Waals surface area contributed by atoms with Gasteiger partial charge >= 0.3 is 0 Å². The number of likely N-dealkylation sites (N-methyl/N-ethyl adjacent to an activating group) is 1. The first-order chi connectivity index (χ1) is 15.4. The lowest BCUT2D eigenvalue weighted by atomic mass is 10.0. The summed E-state index contributed by atoms with van der Waals surface area (Å²) in [4.78, 5) is 17.6. The van der Waals surface area contributed by atoms with Gasteiger partial charge in [-0.3, -0.25) is 4.79 Å². The fourth-order valence-electron chi connectivity index (χ4n) is 3.94. The lowest BCUT2D eigenvalue weighted by Gasteiger charge is -2.40. The highest BCUT2D eigenvalue weighted by Crippen LogP contribution is 2.27. The lowest BCUT2D eigenvalue weighted by Crippen LogP contribution is -2.49. The number of nitrogens with zero attached hydrogens (tertiary/aromatic N) is 2. The normalized spacial score (nSPS) is 17.3. The number of piperazine rings is 1. The molecule has 3 aromatic carbocycles. The van der Waals surface area contributed by atoms with E-state index in [2.05, 4.69) is 9.62 Å². The van der Waals surface area contributed by atoms with Gasteiger partial charge in [0, 0.05) is 31.7 Å². The van der Waals surface area contributed by atoms with Gasteiger partial charge in [-0.1, -0.05) is 66.7 Å². The van der Waals surface area contributed by atoms with Crippen molar-refractivity contribution in [1.29, 1.82) is 0 Å². The van der Waals surface area contributed by atoms with Crippen LogP contribution in [0, 0.1) is 0 Å². The summed E-state index contributed by atoms with van der Waals surface area (Å²) in [7, 11) is -1.70. The van der Waals surface area contributed by atoms with Gasteiger partial charge in [-0.05, 0) is 36.4 Å². The molecule has 0 bridgehead atoms. The third kappa shape index (κ3) is 5.07. The summed E-state index contributed by atoms with van der Waals surface area (Å²) in [6, 6.07) is 25.5. The van der Waals surface area contributed by atoms with Crippen molar-refractivity contribution in [1.82, 2.24) is 14.5 Å². The average molecular weight is 450 g/mol. The first kappa shape index (κ1) is 22.2. The topological polar surface area (TPSA) is 69.7 Å². The third-order valence-electron chi connectivity index (χ3n) is 5.73. The van der Waals surface area contributed by atoms with E-state index in [0.717, 1.165) is 24.2 Å². The van der Waals surface area contributed by atoms with E-state index in [0.29, 0.717) is 12.1 Å². The molecular formula is C25H27N3O3S. The van der Waals surface area contributed by atoms with Gasteiger partial charge in [0.05, 0.1) is 10.9 Å². The van der Waals surface area contributed by atoms with Crippen molar-refractivity contribution >= 4 is 15.9 Å². The molecule has 1 heterocycles. The van der Waals surface area contributed by atoms with Crippen molar-refractivity contribution in [3.8, 4) is 0 Å². The monoisotopic (exact) mass is 449 g/mol. The van der Waals surface area contributed by atoms with Crippen LogP contribution < -0.4 is 4.72 Å². The van der Waals surface area contributed by atoms with Crippen molar-refractivity contribution < 1.29 is 13.2 Å². The summed E-state index contributed by atoms with van der Waals surface area (Å²) < 4.78 is 28.3. The number of hydrogen-bond acceptors (Lipinski definition) is 4. The maximum atomic E-state index is 13.4. The maximum absolute atomic E-state index is 13.4. The Labute approximate surface area is 189 Å². The summed E-state index contributed by atoms with van der Waals surface area (Å²) >= 11 is 0. The molecular weight excluding hydrogens is 422 g/mol. The molecule has 7 heteroatoms. The molecule has 1 aliphatic rings. The number of sulfonamides is 1. The van der Waals surface area contributed by atoms with Crippen LogP contribution >= 0.6 is 0 Å². The highest BCUT2D eigenvalue weighted by molar-refractivity contribution is 7.89. The van der Waals surface area contributed by atoms with Crippen LogP contribution in [0.3, 0.4) is 0 Å². The highest BCUT2D eigenvalue weighted by Gasteiger charge is 2.31. The lowest BCUT2D eigenvalue weighted by molar-refractivity contribution is 0.0498. The molecule has 0 unspecified atom stereocenters. The Morgan fingerprint density at radius 2 is 1.62 bits per heavy atom. The molecule has 6 nitrogen and oxygen atoms in total. The van der Waals surface area contributed by atoms with E-state index >= 15 is 0 Å². The Kier molecular flexibility index (Phi) is 6.69. The van der Waals surface area contributed by atoms with Gasteiger partial charge in [0.15, 0.2) is 0 Å². The maximum Gasteiger partial charge on any atom is 0.254 e. The van der Waals surface area contributed by atoms with Gasteiger partial charge < -0.3 is 9.80 Å². The second-order valence-electron chi connectivity index (χ2n) is 8.03. The van der Waals surface area contributed by atoms with Crippen LogP contribution in [0.5, 0.6) is 0 Å². The molecule has 0 spiro atoms. The summed E-state index contributed by atoms with van der Waals surface area (Å²) in [5.41, 5.74) is 2.31. The largest absolute Gasteiger partial charge is 0.329 e. The first-order valence-corrected chi connectivity index (χ1v) is 12.1. The van der Waals surface area contributed by atoms with E-state index in [9.17, 15) is 13.2 Å². The fourth-order valence-corrected chi connectivity index (χ4v) is 5.01. The van der Waals surface area contributed by atoms with Gasteiger partial charge in [0.1, 0.15) is 0 Å². The molecule has 0 radical (unpaired) electrons. The number of nitrogens with one attached hydrogen (secondary N) is 1. The van der Waals surface area contributed by atoms with Crippen molar-refractivity contribution in [2.75, 3.05) is 26.7 Å². The Bertz CT molecular complexity index is 1170. The Hall–Kier alpha value is -3.00. The second kappa shape index (κ2) is 9.65.